The van der Waals surface area contributed by atoms with Crippen LogP contribution in [-0.2, 0) is 9.59 Å². The van der Waals surface area contributed by atoms with E-state index in [2.05, 4.69) is 10.6 Å². The summed E-state index contributed by atoms with van der Waals surface area (Å²) < 4.78 is 0. The van der Waals surface area contributed by atoms with Crippen molar-refractivity contribution in [3.05, 3.63) is 35.4 Å². The Kier molecular flexibility index (Phi) is 6.56. The molecule has 0 radical (unpaired) electrons. The zero-order valence-corrected chi connectivity index (χ0v) is 13.5. The van der Waals surface area contributed by atoms with Gasteiger partial charge in [0.25, 0.3) is 5.91 Å². The Bertz CT molecular complexity index is 555. The van der Waals surface area contributed by atoms with Gasteiger partial charge in [-0.1, -0.05) is 17.7 Å². The number of carbonyl (C=O) groups is 3. The molecule has 1 rings (SSSR count). The van der Waals surface area contributed by atoms with Crippen molar-refractivity contribution in [1.82, 2.24) is 15.5 Å². The molecule has 0 aromatic heterocycles. The Morgan fingerprint density at radius 1 is 1.23 bits per heavy atom. The van der Waals surface area contributed by atoms with Crippen molar-refractivity contribution in [1.29, 1.82) is 0 Å². The molecule has 0 unspecified atom stereocenters. The molecule has 2 N–H and O–H groups in total. The number of hydrogen-bond donors (Lipinski definition) is 2. The molecule has 0 spiro atoms. The Hall–Kier alpha value is -2.37. The minimum atomic E-state index is -0.320. The molecule has 0 aliphatic heterocycles. The van der Waals surface area contributed by atoms with E-state index >= 15 is 0 Å². The van der Waals surface area contributed by atoms with Crippen molar-refractivity contribution < 1.29 is 14.4 Å². The first-order chi connectivity index (χ1) is 10.3. The number of nitrogens with one attached hydrogen (secondary N) is 2. The van der Waals surface area contributed by atoms with Gasteiger partial charge in [0.1, 0.15) is 0 Å². The van der Waals surface area contributed by atoms with E-state index < -0.39 is 0 Å². The van der Waals surface area contributed by atoms with Crippen LogP contribution in [0.5, 0.6) is 0 Å². The fourth-order valence-electron chi connectivity index (χ4n) is 1.85. The second kappa shape index (κ2) is 8.17. The van der Waals surface area contributed by atoms with Crippen LogP contribution in [0.1, 0.15) is 29.8 Å². The van der Waals surface area contributed by atoms with Crippen LogP contribution < -0.4 is 10.6 Å². The van der Waals surface area contributed by atoms with Gasteiger partial charge in [-0.25, -0.2) is 0 Å². The summed E-state index contributed by atoms with van der Waals surface area (Å²) in [7, 11) is 1.53. The number of amides is 3. The number of rotatable bonds is 6. The van der Waals surface area contributed by atoms with Gasteiger partial charge in [0.15, 0.2) is 0 Å². The largest absolute Gasteiger partial charge is 0.352 e. The maximum absolute atomic E-state index is 11.9. The highest BCUT2D eigenvalue weighted by Crippen LogP contribution is 2.03. The van der Waals surface area contributed by atoms with E-state index in [4.69, 9.17) is 0 Å². The maximum atomic E-state index is 11.9. The highest BCUT2D eigenvalue weighted by molar-refractivity contribution is 5.96. The Balaban J connectivity index is 2.45. The predicted octanol–water partition coefficient (Wildman–Crippen LogP) is 0.708. The van der Waals surface area contributed by atoms with Crippen LogP contribution >= 0.6 is 0 Å². The van der Waals surface area contributed by atoms with Gasteiger partial charge in [0.2, 0.25) is 11.8 Å². The monoisotopic (exact) mass is 305 g/mol. The number of benzene rings is 1. The minimum Gasteiger partial charge on any atom is -0.352 e. The fraction of sp³-hybridized carbons (Fsp3) is 0.438. The van der Waals surface area contributed by atoms with E-state index in [1.54, 1.807) is 18.2 Å². The standard InChI is InChI=1S/C16H23N3O3/c1-11(2)18-14(20)10-19(4)15(21)9-17-16(22)13-7-5-6-12(3)8-13/h5-8,11H,9-10H2,1-4H3,(H,17,22)(H,18,20). The summed E-state index contributed by atoms with van der Waals surface area (Å²) in [4.78, 5) is 36.7. The summed E-state index contributed by atoms with van der Waals surface area (Å²) in [6.07, 6.45) is 0. The molecule has 0 aliphatic carbocycles. The first-order valence-electron chi connectivity index (χ1n) is 7.17. The van der Waals surface area contributed by atoms with Crippen LogP contribution in [0.3, 0.4) is 0 Å². The highest BCUT2D eigenvalue weighted by atomic mass is 16.2. The van der Waals surface area contributed by atoms with Crippen molar-refractivity contribution in [2.75, 3.05) is 20.1 Å². The molecule has 0 fully saturated rings. The predicted molar refractivity (Wildman–Crippen MR) is 84.4 cm³/mol. The molecule has 0 saturated heterocycles. The zero-order chi connectivity index (χ0) is 16.7. The van der Waals surface area contributed by atoms with E-state index in [0.717, 1.165) is 5.56 Å². The number of hydrogen-bond acceptors (Lipinski definition) is 3. The van der Waals surface area contributed by atoms with Crippen molar-refractivity contribution in [3.8, 4) is 0 Å². The zero-order valence-electron chi connectivity index (χ0n) is 13.5. The van der Waals surface area contributed by atoms with E-state index in [1.165, 1.54) is 11.9 Å². The molecule has 0 heterocycles. The number of nitrogens with zero attached hydrogens (tertiary/aromatic N) is 1. The van der Waals surface area contributed by atoms with Gasteiger partial charge >= 0.3 is 0 Å². The molecule has 6 nitrogen and oxygen atoms in total. The van der Waals surface area contributed by atoms with Gasteiger partial charge in [0, 0.05) is 18.7 Å². The van der Waals surface area contributed by atoms with Crippen molar-refractivity contribution >= 4 is 17.7 Å². The molecular weight excluding hydrogens is 282 g/mol. The van der Waals surface area contributed by atoms with Crippen molar-refractivity contribution in [2.24, 2.45) is 0 Å². The number of aryl methyl sites for hydroxylation is 1. The molecule has 1 aromatic rings. The molecule has 0 saturated carbocycles. The minimum absolute atomic E-state index is 0.0250. The summed E-state index contributed by atoms with van der Waals surface area (Å²) in [5.74, 6) is -0.854. The smallest absolute Gasteiger partial charge is 0.251 e. The quantitative estimate of drug-likeness (QED) is 0.812. The first-order valence-corrected chi connectivity index (χ1v) is 7.17. The Labute approximate surface area is 130 Å². The van der Waals surface area contributed by atoms with Gasteiger partial charge < -0.3 is 15.5 Å². The Morgan fingerprint density at radius 3 is 2.50 bits per heavy atom. The lowest BCUT2D eigenvalue weighted by Crippen LogP contribution is -2.44. The molecular formula is C16H23N3O3. The Morgan fingerprint density at radius 2 is 1.91 bits per heavy atom. The lowest BCUT2D eigenvalue weighted by Gasteiger charge is -2.18. The lowest BCUT2D eigenvalue weighted by atomic mass is 10.1. The first kappa shape index (κ1) is 17.7. The molecule has 0 atom stereocenters. The van der Waals surface area contributed by atoms with E-state index in [9.17, 15) is 14.4 Å². The average molecular weight is 305 g/mol. The van der Waals surface area contributed by atoms with Gasteiger partial charge in [-0.2, -0.15) is 0 Å². The highest BCUT2D eigenvalue weighted by Gasteiger charge is 2.14. The topological polar surface area (TPSA) is 78.5 Å². The number of carbonyl (C=O) groups excluding carboxylic acids is 3. The molecule has 1 aromatic carbocycles. The van der Waals surface area contributed by atoms with Crippen molar-refractivity contribution in [3.63, 3.8) is 0 Å². The summed E-state index contributed by atoms with van der Waals surface area (Å²) in [6.45, 7) is 5.42. The van der Waals surface area contributed by atoms with Crippen LogP contribution in [0.2, 0.25) is 0 Å². The van der Waals surface area contributed by atoms with Gasteiger partial charge in [-0.15, -0.1) is 0 Å². The molecule has 0 aliphatic rings. The summed E-state index contributed by atoms with van der Waals surface area (Å²) in [5, 5.41) is 5.26. The van der Waals surface area contributed by atoms with E-state index in [-0.39, 0.29) is 36.9 Å². The summed E-state index contributed by atoms with van der Waals surface area (Å²) in [5.41, 5.74) is 1.48. The second-order valence-corrected chi connectivity index (χ2v) is 5.52. The van der Waals surface area contributed by atoms with Gasteiger partial charge in [0.05, 0.1) is 13.1 Å². The SMILES string of the molecule is Cc1cccc(C(=O)NCC(=O)N(C)CC(=O)NC(C)C)c1. The van der Waals surface area contributed by atoms with E-state index in [1.807, 2.05) is 26.8 Å². The summed E-state index contributed by atoms with van der Waals surface area (Å²) in [6, 6.07) is 7.14. The van der Waals surface area contributed by atoms with Crippen LogP contribution in [0.15, 0.2) is 24.3 Å². The average Bonchev–Trinajstić information content (AvgIpc) is 2.43. The normalized spacial score (nSPS) is 10.2. The molecule has 6 heteroatoms. The third kappa shape index (κ3) is 5.95. The number of likely N-dealkylation sites (N-methyl/N-ethyl adjacent to an activating group) is 1. The van der Waals surface area contributed by atoms with Crippen molar-refractivity contribution in [2.45, 2.75) is 26.8 Å². The lowest BCUT2D eigenvalue weighted by molar-refractivity contribution is -0.134. The third-order valence-corrected chi connectivity index (χ3v) is 2.94. The third-order valence-electron chi connectivity index (χ3n) is 2.94. The van der Waals surface area contributed by atoms with Crippen LogP contribution in [0.4, 0.5) is 0 Å². The molecule has 0 bridgehead atoms. The maximum Gasteiger partial charge on any atom is 0.251 e. The van der Waals surface area contributed by atoms with Crippen LogP contribution in [-0.4, -0.2) is 48.8 Å². The van der Waals surface area contributed by atoms with Crippen LogP contribution in [0, 0.1) is 6.92 Å². The summed E-state index contributed by atoms with van der Waals surface area (Å²) >= 11 is 0. The second-order valence-electron chi connectivity index (χ2n) is 5.52. The molecule has 120 valence electrons. The van der Waals surface area contributed by atoms with Gasteiger partial charge in [-0.3, -0.25) is 14.4 Å². The molecule has 3 amide bonds. The van der Waals surface area contributed by atoms with Gasteiger partial charge in [-0.05, 0) is 32.9 Å². The molecule has 22 heavy (non-hydrogen) atoms. The van der Waals surface area contributed by atoms with E-state index in [0.29, 0.717) is 5.56 Å². The fourth-order valence-corrected chi connectivity index (χ4v) is 1.85. The van der Waals surface area contributed by atoms with Crippen LogP contribution in [0.25, 0.3) is 0 Å².